The molecule has 1 aromatic carbocycles. The van der Waals surface area contributed by atoms with Crippen LogP contribution < -0.4 is 15.4 Å². The highest BCUT2D eigenvalue weighted by molar-refractivity contribution is 5.79. The molecule has 1 atom stereocenters. The zero-order valence-corrected chi connectivity index (χ0v) is 13.0. The second-order valence-corrected chi connectivity index (χ2v) is 6.07. The SMILES string of the molecule is CC(C)COc1ccccc1CNC(=O)C1CCCNC1. The minimum atomic E-state index is 0.0995. The van der Waals surface area contributed by atoms with E-state index >= 15 is 0 Å². The summed E-state index contributed by atoms with van der Waals surface area (Å²) in [5.41, 5.74) is 1.04. The highest BCUT2D eigenvalue weighted by Crippen LogP contribution is 2.19. The van der Waals surface area contributed by atoms with Crippen LogP contribution in [0.3, 0.4) is 0 Å². The Morgan fingerprint density at radius 1 is 1.43 bits per heavy atom. The van der Waals surface area contributed by atoms with Gasteiger partial charge in [-0.05, 0) is 31.4 Å². The minimum Gasteiger partial charge on any atom is -0.493 e. The lowest BCUT2D eigenvalue weighted by Crippen LogP contribution is -2.40. The average molecular weight is 290 g/mol. The molecule has 116 valence electrons. The molecular weight excluding hydrogens is 264 g/mol. The van der Waals surface area contributed by atoms with E-state index in [9.17, 15) is 4.79 Å². The van der Waals surface area contributed by atoms with Crippen LogP contribution in [0.2, 0.25) is 0 Å². The molecule has 1 fully saturated rings. The van der Waals surface area contributed by atoms with Gasteiger partial charge in [-0.3, -0.25) is 4.79 Å². The molecule has 1 amide bonds. The fourth-order valence-corrected chi connectivity index (χ4v) is 2.45. The number of ether oxygens (including phenoxy) is 1. The first kappa shape index (κ1) is 15.8. The summed E-state index contributed by atoms with van der Waals surface area (Å²) >= 11 is 0. The van der Waals surface area contributed by atoms with E-state index in [-0.39, 0.29) is 11.8 Å². The second kappa shape index (κ2) is 8.03. The molecule has 0 aliphatic carbocycles. The van der Waals surface area contributed by atoms with Crippen molar-refractivity contribution in [3.8, 4) is 5.75 Å². The van der Waals surface area contributed by atoms with Crippen LogP contribution in [0.1, 0.15) is 32.3 Å². The summed E-state index contributed by atoms with van der Waals surface area (Å²) in [5.74, 6) is 1.59. The van der Waals surface area contributed by atoms with Gasteiger partial charge in [0.1, 0.15) is 5.75 Å². The van der Waals surface area contributed by atoms with Gasteiger partial charge in [-0.2, -0.15) is 0 Å². The molecule has 1 saturated heterocycles. The summed E-state index contributed by atoms with van der Waals surface area (Å²) in [5, 5.41) is 6.31. The number of hydrogen-bond acceptors (Lipinski definition) is 3. The molecule has 0 saturated carbocycles. The second-order valence-electron chi connectivity index (χ2n) is 6.07. The van der Waals surface area contributed by atoms with Crippen LogP contribution in [-0.2, 0) is 11.3 Å². The van der Waals surface area contributed by atoms with E-state index in [4.69, 9.17) is 4.74 Å². The molecule has 4 nitrogen and oxygen atoms in total. The number of carbonyl (C=O) groups excluding carboxylic acids is 1. The van der Waals surface area contributed by atoms with Crippen LogP contribution in [0, 0.1) is 11.8 Å². The van der Waals surface area contributed by atoms with E-state index in [0.29, 0.717) is 19.1 Å². The van der Waals surface area contributed by atoms with Gasteiger partial charge in [0.05, 0.1) is 12.5 Å². The first-order valence-electron chi connectivity index (χ1n) is 7.86. The van der Waals surface area contributed by atoms with Crippen molar-refractivity contribution in [2.45, 2.75) is 33.2 Å². The fourth-order valence-electron chi connectivity index (χ4n) is 2.45. The van der Waals surface area contributed by atoms with Gasteiger partial charge >= 0.3 is 0 Å². The third-order valence-corrected chi connectivity index (χ3v) is 3.67. The fraction of sp³-hybridized carbons (Fsp3) is 0.588. The van der Waals surface area contributed by atoms with Gasteiger partial charge in [0, 0.05) is 18.7 Å². The van der Waals surface area contributed by atoms with Gasteiger partial charge in [0.15, 0.2) is 0 Å². The number of para-hydroxylation sites is 1. The van der Waals surface area contributed by atoms with Crippen molar-refractivity contribution >= 4 is 5.91 Å². The van der Waals surface area contributed by atoms with Crippen molar-refractivity contribution in [1.29, 1.82) is 0 Å². The highest BCUT2D eigenvalue weighted by atomic mass is 16.5. The molecule has 4 heteroatoms. The smallest absolute Gasteiger partial charge is 0.224 e. The molecule has 2 rings (SSSR count). The topological polar surface area (TPSA) is 50.4 Å². The third-order valence-electron chi connectivity index (χ3n) is 3.67. The van der Waals surface area contributed by atoms with Gasteiger partial charge in [-0.1, -0.05) is 32.0 Å². The number of amides is 1. The average Bonchev–Trinajstić information content (AvgIpc) is 2.52. The number of piperidine rings is 1. The third kappa shape index (κ3) is 5.05. The summed E-state index contributed by atoms with van der Waals surface area (Å²) in [6.45, 7) is 7.29. The van der Waals surface area contributed by atoms with Crippen LogP contribution in [0.25, 0.3) is 0 Å². The molecule has 21 heavy (non-hydrogen) atoms. The first-order valence-corrected chi connectivity index (χ1v) is 7.86. The molecule has 1 aliphatic rings. The summed E-state index contributed by atoms with van der Waals surface area (Å²) in [4.78, 5) is 12.2. The molecule has 0 spiro atoms. The Kier molecular flexibility index (Phi) is 6.05. The maximum atomic E-state index is 12.2. The predicted molar refractivity (Wildman–Crippen MR) is 84.2 cm³/mol. The number of nitrogens with one attached hydrogen (secondary N) is 2. The quantitative estimate of drug-likeness (QED) is 0.845. The summed E-state index contributed by atoms with van der Waals surface area (Å²) in [7, 11) is 0. The molecule has 0 radical (unpaired) electrons. The van der Waals surface area contributed by atoms with Crippen LogP contribution in [0.5, 0.6) is 5.75 Å². The Hall–Kier alpha value is -1.55. The number of hydrogen-bond donors (Lipinski definition) is 2. The Labute approximate surface area is 127 Å². The lowest BCUT2D eigenvalue weighted by Gasteiger charge is -2.22. The van der Waals surface area contributed by atoms with Gasteiger partial charge in [-0.15, -0.1) is 0 Å². The van der Waals surface area contributed by atoms with Crippen LogP contribution in [0.4, 0.5) is 0 Å². The van der Waals surface area contributed by atoms with E-state index in [0.717, 1.165) is 37.2 Å². The monoisotopic (exact) mass is 290 g/mol. The van der Waals surface area contributed by atoms with Crippen molar-refractivity contribution < 1.29 is 9.53 Å². The van der Waals surface area contributed by atoms with Crippen molar-refractivity contribution in [2.24, 2.45) is 11.8 Å². The maximum absolute atomic E-state index is 12.2. The zero-order chi connectivity index (χ0) is 15.1. The molecule has 2 N–H and O–H groups in total. The maximum Gasteiger partial charge on any atom is 0.224 e. The molecule has 1 unspecified atom stereocenters. The first-order chi connectivity index (χ1) is 10.2. The van der Waals surface area contributed by atoms with Crippen LogP contribution in [0.15, 0.2) is 24.3 Å². The van der Waals surface area contributed by atoms with Crippen molar-refractivity contribution in [1.82, 2.24) is 10.6 Å². The van der Waals surface area contributed by atoms with E-state index in [1.54, 1.807) is 0 Å². The van der Waals surface area contributed by atoms with E-state index in [1.165, 1.54) is 0 Å². The van der Waals surface area contributed by atoms with Gasteiger partial charge in [0.2, 0.25) is 5.91 Å². The largest absolute Gasteiger partial charge is 0.493 e. The minimum absolute atomic E-state index is 0.0995. The molecular formula is C17H26N2O2. The number of benzene rings is 1. The van der Waals surface area contributed by atoms with E-state index in [2.05, 4.69) is 24.5 Å². The molecule has 1 aliphatic heterocycles. The lowest BCUT2D eigenvalue weighted by molar-refractivity contribution is -0.125. The summed E-state index contributed by atoms with van der Waals surface area (Å²) < 4.78 is 5.81. The van der Waals surface area contributed by atoms with E-state index < -0.39 is 0 Å². The van der Waals surface area contributed by atoms with Crippen LogP contribution in [-0.4, -0.2) is 25.6 Å². The number of carbonyl (C=O) groups is 1. The lowest BCUT2D eigenvalue weighted by atomic mass is 9.99. The van der Waals surface area contributed by atoms with Crippen molar-refractivity contribution in [3.63, 3.8) is 0 Å². The highest BCUT2D eigenvalue weighted by Gasteiger charge is 2.20. The Morgan fingerprint density at radius 2 is 2.24 bits per heavy atom. The Morgan fingerprint density at radius 3 is 2.95 bits per heavy atom. The van der Waals surface area contributed by atoms with E-state index in [1.807, 2.05) is 24.3 Å². The van der Waals surface area contributed by atoms with Gasteiger partial charge in [0.25, 0.3) is 0 Å². The number of rotatable bonds is 6. The summed E-state index contributed by atoms with van der Waals surface area (Å²) in [6, 6.07) is 7.92. The Bertz CT molecular complexity index is 454. The van der Waals surface area contributed by atoms with Crippen molar-refractivity contribution in [3.05, 3.63) is 29.8 Å². The van der Waals surface area contributed by atoms with Crippen LogP contribution >= 0.6 is 0 Å². The van der Waals surface area contributed by atoms with Crippen molar-refractivity contribution in [2.75, 3.05) is 19.7 Å². The molecule has 0 bridgehead atoms. The van der Waals surface area contributed by atoms with Gasteiger partial charge < -0.3 is 15.4 Å². The normalized spacial score (nSPS) is 18.5. The van der Waals surface area contributed by atoms with Gasteiger partial charge in [-0.25, -0.2) is 0 Å². The zero-order valence-electron chi connectivity index (χ0n) is 13.0. The summed E-state index contributed by atoms with van der Waals surface area (Å²) in [6.07, 6.45) is 2.05. The molecule has 1 heterocycles. The molecule has 1 aromatic rings. The standard InChI is InChI=1S/C17H26N2O2/c1-13(2)12-21-16-8-4-3-6-14(16)11-19-17(20)15-7-5-9-18-10-15/h3-4,6,8,13,15,18H,5,7,9-12H2,1-2H3,(H,19,20). The molecule has 0 aromatic heterocycles. The Balaban J connectivity index is 1.88. The predicted octanol–water partition coefficient (Wildman–Crippen LogP) is 2.34.